The number of rotatable bonds is 12. The lowest BCUT2D eigenvalue weighted by molar-refractivity contribution is -0.151. The number of benzene rings is 4. The topological polar surface area (TPSA) is 27.7 Å². The van der Waals surface area contributed by atoms with Crippen LogP contribution in [0.4, 0.5) is 0 Å². The first-order chi connectivity index (χ1) is 21.7. The molecule has 2 saturated carbocycles. The molecule has 0 radical (unpaired) electrons. The Bertz CT molecular complexity index is 1370. The monoisotopic (exact) mass is 588 g/mol. The van der Waals surface area contributed by atoms with Crippen molar-refractivity contribution in [3.8, 4) is 33.8 Å². The van der Waals surface area contributed by atoms with Crippen LogP contribution in [0.5, 0.6) is 11.5 Å². The van der Waals surface area contributed by atoms with Gasteiger partial charge in [0.05, 0.1) is 6.61 Å². The predicted molar refractivity (Wildman–Crippen MR) is 181 cm³/mol. The predicted octanol–water partition coefficient (Wildman–Crippen LogP) is 10.9. The van der Waals surface area contributed by atoms with Crippen LogP contribution in [-0.2, 0) is 4.74 Å². The lowest BCUT2D eigenvalue weighted by Crippen LogP contribution is -2.42. The maximum atomic E-state index is 6.73. The van der Waals surface area contributed by atoms with Gasteiger partial charge in [0.15, 0.2) is 0 Å². The molecule has 4 aromatic carbocycles. The number of para-hydroxylation sites is 1. The summed E-state index contributed by atoms with van der Waals surface area (Å²) < 4.78 is 20.1. The molecule has 0 saturated heterocycles. The Morgan fingerprint density at radius 1 is 0.659 bits per heavy atom. The van der Waals surface area contributed by atoms with Crippen molar-refractivity contribution in [2.24, 2.45) is 17.8 Å². The SMILES string of the molecule is CCC(C)c1ccc(OC(OCCOc2c(-c3ccccc3)cccc2-c2ccccc2)C2CCCC3CCCCC32)cc1. The normalized spacial score (nSPS) is 21.2. The second-order valence-corrected chi connectivity index (χ2v) is 12.8. The zero-order valence-electron chi connectivity index (χ0n) is 26.5. The molecule has 0 spiro atoms. The molecule has 0 aromatic heterocycles. The van der Waals surface area contributed by atoms with Gasteiger partial charge in [-0.1, -0.05) is 137 Å². The van der Waals surface area contributed by atoms with Crippen LogP contribution < -0.4 is 9.47 Å². The first-order valence-corrected chi connectivity index (χ1v) is 17.0. The molecule has 4 aromatic rings. The van der Waals surface area contributed by atoms with Gasteiger partial charge in [-0.2, -0.15) is 0 Å². The quantitative estimate of drug-likeness (QED) is 0.122. The molecule has 2 aliphatic rings. The van der Waals surface area contributed by atoms with Crippen molar-refractivity contribution in [3.63, 3.8) is 0 Å². The van der Waals surface area contributed by atoms with E-state index in [0.29, 0.717) is 31.0 Å². The highest BCUT2D eigenvalue weighted by Gasteiger charge is 2.40. The third-order valence-corrected chi connectivity index (χ3v) is 10.1. The minimum absolute atomic E-state index is 0.267. The molecular weight excluding hydrogens is 540 g/mol. The maximum absolute atomic E-state index is 6.73. The molecule has 5 atom stereocenters. The Hall–Kier alpha value is -3.56. The van der Waals surface area contributed by atoms with Crippen LogP contribution in [0, 0.1) is 17.8 Å². The van der Waals surface area contributed by atoms with E-state index in [2.05, 4.69) is 117 Å². The second-order valence-electron chi connectivity index (χ2n) is 12.8. The van der Waals surface area contributed by atoms with E-state index in [9.17, 15) is 0 Å². The Morgan fingerprint density at radius 2 is 1.30 bits per heavy atom. The summed E-state index contributed by atoms with van der Waals surface area (Å²) in [4.78, 5) is 0. The average Bonchev–Trinajstić information content (AvgIpc) is 3.10. The fourth-order valence-electron chi connectivity index (χ4n) is 7.51. The van der Waals surface area contributed by atoms with Crippen molar-refractivity contribution in [1.29, 1.82) is 0 Å². The molecule has 0 amide bonds. The van der Waals surface area contributed by atoms with Gasteiger partial charge in [0, 0.05) is 17.0 Å². The standard InChI is InChI=1S/C41H48O3/c1-3-30(2)31-24-26-35(27-25-31)44-41(39-23-12-19-32-18-10-11-20-36(32)39)43-29-28-42-40-37(33-14-6-4-7-15-33)21-13-22-38(40)34-16-8-5-9-17-34/h4-9,13-17,21-22,24-27,30,32,36,39,41H,3,10-12,18-20,23,28-29H2,1-2H3. The van der Waals surface area contributed by atoms with E-state index in [1.807, 2.05) is 0 Å². The summed E-state index contributed by atoms with van der Waals surface area (Å²) in [7, 11) is 0. The van der Waals surface area contributed by atoms with Crippen molar-refractivity contribution in [2.45, 2.75) is 77.4 Å². The Labute approximate surface area is 264 Å². The van der Waals surface area contributed by atoms with Crippen LogP contribution >= 0.6 is 0 Å². The molecule has 2 aliphatic carbocycles. The van der Waals surface area contributed by atoms with Crippen molar-refractivity contribution >= 4 is 0 Å². The van der Waals surface area contributed by atoms with Gasteiger partial charge in [0.25, 0.3) is 0 Å². The molecular formula is C41H48O3. The molecule has 0 bridgehead atoms. The molecule has 0 aliphatic heterocycles. The lowest BCUT2D eigenvalue weighted by atomic mass is 9.65. The van der Waals surface area contributed by atoms with E-state index in [-0.39, 0.29) is 6.29 Å². The number of fused-ring (bicyclic) bond motifs is 1. The summed E-state index contributed by atoms with van der Waals surface area (Å²) in [6.45, 7) is 5.45. The number of hydrogen-bond acceptors (Lipinski definition) is 3. The highest BCUT2D eigenvalue weighted by atomic mass is 16.7. The van der Waals surface area contributed by atoms with Gasteiger partial charge in [-0.25, -0.2) is 0 Å². The van der Waals surface area contributed by atoms with Gasteiger partial charge >= 0.3 is 0 Å². The third-order valence-electron chi connectivity index (χ3n) is 10.1. The summed E-state index contributed by atoms with van der Waals surface area (Å²) >= 11 is 0. The minimum atomic E-state index is -0.267. The smallest absolute Gasteiger partial charge is 0.203 e. The van der Waals surface area contributed by atoms with Crippen molar-refractivity contribution in [3.05, 3.63) is 109 Å². The Morgan fingerprint density at radius 3 is 1.95 bits per heavy atom. The van der Waals surface area contributed by atoms with Gasteiger partial charge in [-0.05, 0) is 65.8 Å². The van der Waals surface area contributed by atoms with E-state index in [1.165, 1.54) is 50.5 Å². The van der Waals surface area contributed by atoms with Gasteiger partial charge in [-0.3, -0.25) is 0 Å². The summed E-state index contributed by atoms with van der Waals surface area (Å²) in [6.07, 6.45) is 10.0. The largest absolute Gasteiger partial charge is 0.490 e. The van der Waals surface area contributed by atoms with Crippen LogP contribution in [0.2, 0.25) is 0 Å². The van der Waals surface area contributed by atoms with Gasteiger partial charge in [0.2, 0.25) is 6.29 Å². The summed E-state index contributed by atoms with van der Waals surface area (Å²) in [6, 6.07) is 36.2. The van der Waals surface area contributed by atoms with E-state index in [4.69, 9.17) is 14.2 Å². The fraction of sp³-hybridized carbons (Fsp3) is 0.415. The van der Waals surface area contributed by atoms with Gasteiger partial charge < -0.3 is 14.2 Å². The van der Waals surface area contributed by atoms with Gasteiger partial charge in [0.1, 0.15) is 18.1 Å². The molecule has 0 N–H and O–H groups in total. The van der Waals surface area contributed by atoms with E-state index in [1.54, 1.807) is 0 Å². The third kappa shape index (κ3) is 7.21. The van der Waals surface area contributed by atoms with Crippen molar-refractivity contribution < 1.29 is 14.2 Å². The van der Waals surface area contributed by atoms with Crippen LogP contribution in [0.15, 0.2) is 103 Å². The summed E-state index contributed by atoms with van der Waals surface area (Å²) in [5.41, 5.74) is 5.85. The second kappa shape index (κ2) is 14.9. The molecule has 230 valence electrons. The first-order valence-electron chi connectivity index (χ1n) is 17.0. The van der Waals surface area contributed by atoms with Crippen LogP contribution in [0.3, 0.4) is 0 Å². The van der Waals surface area contributed by atoms with Crippen molar-refractivity contribution in [1.82, 2.24) is 0 Å². The Balaban J connectivity index is 1.21. The van der Waals surface area contributed by atoms with E-state index < -0.39 is 0 Å². The van der Waals surface area contributed by atoms with Crippen LogP contribution in [0.25, 0.3) is 22.3 Å². The highest BCUT2D eigenvalue weighted by molar-refractivity contribution is 5.82. The fourth-order valence-corrected chi connectivity index (χ4v) is 7.51. The average molecular weight is 589 g/mol. The lowest BCUT2D eigenvalue weighted by Gasteiger charge is -2.44. The first kappa shape index (κ1) is 30.5. The highest BCUT2D eigenvalue weighted by Crippen LogP contribution is 2.46. The molecule has 2 fully saturated rings. The van der Waals surface area contributed by atoms with Crippen LogP contribution in [-0.4, -0.2) is 19.5 Å². The summed E-state index contributed by atoms with van der Waals surface area (Å²) in [5.74, 6) is 4.27. The molecule has 5 unspecified atom stereocenters. The number of ether oxygens (including phenoxy) is 3. The summed E-state index contributed by atoms with van der Waals surface area (Å²) in [5, 5.41) is 0. The molecule has 44 heavy (non-hydrogen) atoms. The maximum Gasteiger partial charge on any atom is 0.203 e. The molecule has 3 nitrogen and oxygen atoms in total. The zero-order valence-corrected chi connectivity index (χ0v) is 26.5. The van der Waals surface area contributed by atoms with Crippen LogP contribution in [0.1, 0.15) is 76.7 Å². The van der Waals surface area contributed by atoms with E-state index >= 15 is 0 Å². The van der Waals surface area contributed by atoms with Crippen molar-refractivity contribution in [2.75, 3.05) is 13.2 Å². The zero-order chi connectivity index (χ0) is 30.1. The molecule has 0 heterocycles. The minimum Gasteiger partial charge on any atom is -0.490 e. The molecule has 3 heteroatoms. The Kier molecular flexibility index (Phi) is 10.3. The molecule has 6 rings (SSSR count). The number of hydrogen-bond donors (Lipinski definition) is 0. The van der Waals surface area contributed by atoms with E-state index in [0.717, 1.165) is 46.1 Å². The van der Waals surface area contributed by atoms with Gasteiger partial charge in [-0.15, -0.1) is 0 Å².